The molecular weight excluding hydrogens is 148 g/mol. The molecular formula is C11H20O. The molecule has 12 heavy (non-hydrogen) atoms. The van der Waals surface area contributed by atoms with Crippen molar-refractivity contribution in [2.24, 2.45) is 23.7 Å². The van der Waals surface area contributed by atoms with Crippen LogP contribution in [-0.4, -0.2) is 6.29 Å². The fourth-order valence-electron chi connectivity index (χ4n) is 2.43. The maximum Gasteiger partial charge on any atom is 0.123 e. The molecule has 1 nitrogen and oxygen atoms in total. The standard InChI is InChI=1S/C11H20O/c1-8(2)11-5-4-9(3)6-10(11)7-12/h7-11H,4-6H2,1-3H3/t9-,10-,11-/m1/s1. The predicted octanol–water partition coefficient (Wildman–Crippen LogP) is 2.89. The Morgan fingerprint density at radius 3 is 2.50 bits per heavy atom. The van der Waals surface area contributed by atoms with Gasteiger partial charge in [0.1, 0.15) is 6.29 Å². The molecule has 1 saturated carbocycles. The van der Waals surface area contributed by atoms with Gasteiger partial charge in [0.2, 0.25) is 0 Å². The minimum Gasteiger partial charge on any atom is -0.303 e. The first-order valence-electron chi connectivity index (χ1n) is 5.10. The zero-order valence-electron chi connectivity index (χ0n) is 8.42. The molecule has 1 aliphatic rings. The predicted molar refractivity (Wildman–Crippen MR) is 50.9 cm³/mol. The van der Waals surface area contributed by atoms with Gasteiger partial charge >= 0.3 is 0 Å². The highest BCUT2D eigenvalue weighted by atomic mass is 16.1. The third kappa shape index (κ3) is 2.09. The van der Waals surface area contributed by atoms with Gasteiger partial charge in [-0.25, -0.2) is 0 Å². The molecule has 0 unspecified atom stereocenters. The minimum atomic E-state index is 0.341. The molecule has 1 rings (SSSR count). The number of aldehydes is 1. The van der Waals surface area contributed by atoms with E-state index in [9.17, 15) is 4.79 Å². The summed E-state index contributed by atoms with van der Waals surface area (Å²) in [5.41, 5.74) is 0. The molecule has 0 aromatic heterocycles. The molecule has 0 bridgehead atoms. The van der Waals surface area contributed by atoms with Crippen LogP contribution >= 0.6 is 0 Å². The van der Waals surface area contributed by atoms with Gasteiger partial charge in [0, 0.05) is 5.92 Å². The molecule has 1 aliphatic carbocycles. The summed E-state index contributed by atoms with van der Waals surface area (Å²) in [5.74, 6) is 2.43. The molecule has 3 atom stereocenters. The van der Waals surface area contributed by atoms with Crippen molar-refractivity contribution in [3.8, 4) is 0 Å². The third-order valence-corrected chi connectivity index (χ3v) is 3.25. The molecule has 70 valence electrons. The van der Waals surface area contributed by atoms with Gasteiger partial charge in [-0.05, 0) is 30.6 Å². The zero-order chi connectivity index (χ0) is 9.14. The smallest absolute Gasteiger partial charge is 0.123 e. The van der Waals surface area contributed by atoms with Gasteiger partial charge in [-0.1, -0.05) is 27.2 Å². The summed E-state index contributed by atoms with van der Waals surface area (Å²) in [6.07, 6.45) is 4.86. The van der Waals surface area contributed by atoms with Crippen molar-refractivity contribution >= 4 is 6.29 Å². The number of rotatable bonds is 2. The van der Waals surface area contributed by atoms with Crippen molar-refractivity contribution in [1.29, 1.82) is 0 Å². The maximum absolute atomic E-state index is 10.8. The third-order valence-electron chi connectivity index (χ3n) is 3.25. The lowest BCUT2D eigenvalue weighted by molar-refractivity contribution is -0.114. The highest BCUT2D eigenvalue weighted by molar-refractivity contribution is 5.54. The molecule has 0 heterocycles. The van der Waals surface area contributed by atoms with E-state index in [1.807, 2.05) is 0 Å². The van der Waals surface area contributed by atoms with E-state index >= 15 is 0 Å². The molecule has 0 aromatic carbocycles. The van der Waals surface area contributed by atoms with Crippen molar-refractivity contribution in [3.63, 3.8) is 0 Å². The van der Waals surface area contributed by atoms with Crippen molar-refractivity contribution < 1.29 is 4.79 Å². The van der Waals surface area contributed by atoms with Gasteiger partial charge in [0.15, 0.2) is 0 Å². The topological polar surface area (TPSA) is 17.1 Å². The highest BCUT2D eigenvalue weighted by Gasteiger charge is 2.29. The molecule has 0 spiro atoms. The fourth-order valence-corrected chi connectivity index (χ4v) is 2.43. The second-order valence-electron chi connectivity index (χ2n) is 4.63. The van der Waals surface area contributed by atoms with E-state index in [0.717, 1.165) is 12.3 Å². The van der Waals surface area contributed by atoms with Crippen LogP contribution in [0, 0.1) is 23.7 Å². The summed E-state index contributed by atoms with van der Waals surface area (Å²) in [6.45, 7) is 6.72. The van der Waals surface area contributed by atoms with Crippen molar-refractivity contribution in [1.82, 2.24) is 0 Å². The molecule has 0 aliphatic heterocycles. The average molecular weight is 168 g/mol. The largest absolute Gasteiger partial charge is 0.303 e. The quantitative estimate of drug-likeness (QED) is 0.579. The first kappa shape index (κ1) is 9.76. The lowest BCUT2D eigenvalue weighted by Gasteiger charge is -2.34. The van der Waals surface area contributed by atoms with Crippen LogP contribution in [0.3, 0.4) is 0 Å². The Labute approximate surface area is 75.5 Å². The molecule has 0 N–H and O–H groups in total. The minimum absolute atomic E-state index is 0.341. The summed E-state index contributed by atoms with van der Waals surface area (Å²) in [4.78, 5) is 10.8. The van der Waals surface area contributed by atoms with Crippen LogP contribution in [0.25, 0.3) is 0 Å². The number of carbonyl (C=O) groups is 1. The maximum atomic E-state index is 10.8. The number of hydrogen-bond acceptors (Lipinski definition) is 1. The van der Waals surface area contributed by atoms with E-state index < -0.39 is 0 Å². The Bertz CT molecular complexity index is 151. The van der Waals surface area contributed by atoms with Crippen LogP contribution in [0.15, 0.2) is 0 Å². The van der Waals surface area contributed by atoms with Crippen molar-refractivity contribution in [2.75, 3.05) is 0 Å². The lowest BCUT2D eigenvalue weighted by atomic mass is 9.71. The Morgan fingerprint density at radius 2 is 2.00 bits per heavy atom. The summed E-state index contributed by atoms with van der Waals surface area (Å²) in [6, 6.07) is 0. The summed E-state index contributed by atoms with van der Waals surface area (Å²) >= 11 is 0. The molecule has 1 heteroatoms. The van der Waals surface area contributed by atoms with Crippen LogP contribution in [-0.2, 0) is 4.79 Å². The SMILES string of the molecule is CC(C)[C@H]1CC[C@@H](C)C[C@@H]1C=O. The van der Waals surface area contributed by atoms with Crippen molar-refractivity contribution in [2.45, 2.75) is 40.0 Å². The first-order chi connectivity index (χ1) is 5.65. The van der Waals surface area contributed by atoms with Gasteiger partial charge in [0.25, 0.3) is 0 Å². The molecule has 0 amide bonds. The van der Waals surface area contributed by atoms with Gasteiger partial charge in [-0.2, -0.15) is 0 Å². The van der Waals surface area contributed by atoms with E-state index in [2.05, 4.69) is 20.8 Å². The average Bonchev–Trinajstić information content (AvgIpc) is 2.03. The Balaban J connectivity index is 2.56. The second-order valence-corrected chi connectivity index (χ2v) is 4.63. The Kier molecular flexibility index (Phi) is 3.30. The van der Waals surface area contributed by atoms with Crippen LogP contribution in [0.4, 0.5) is 0 Å². The highest BCUT2D eigenvalue weighted by Crippen LogP contribution is 2.36. The van der Waals surface area contributed by atoms with Crippen molar-refractivity contribution in [3.05, 3.63) is 0 Å². The summed E-state index contributed by atoms with van der Waals surface area (Å²) in [7, 11) is 0. The van der Waals surface area contributed by atoms with E-state index in [1.165, 1.54) is 19.1 Å². The Morgan fingerprint density at radius 1 is 1.33 bits per heavy atom. The van der Waals surface area contributed by atoms with E-state index in [1.54, 1.807) is 0 Å². The second kappa shape index (κ2) is 4.06. The first-order valence-corrected chi connectivity index (χ1v) is 5.10. The van der Waals surface area contributed by atoms with Crippen LogP contribution < -0.4 is 0 Å². The molecule has 1 fully saturated rings. The van der Waals surface area contributed by atoms with Gasteiger partial charge in [-0.3, -0.25) is 0 Å². The van der Waals surface area contributed by atoms with E-state index in [4.69, 9.17) is 0 Å². The van der Waals surface area contributed by atoms with E-state index in [0.29, 0.717) is 17.8 Å². The number of hydrogen-bond donors (Lipinski definition) is 0. The monoisotopic (exact) mass is 168 g/mol. The van der Waals surface area contributed by atoms with Gasteiger partial charge < -0.3 is 4.79 Å². The van der Waals surface area contributed by atoms with Gasteiger partial charge in [-0.15, -0.1) is 0 Å². The lowest BCUT2D eigenvalue weighted by Crippen LogP contribution is -2.28. The zero-order valence-corrected chi connectivity index (χ0v) is 8.42. The van der Waals surface area contributed by atoms with Gasteiger partial charge in [0.05, 0.1) is 0 Å². The molecule has 0 saturated heterocycles. The summed E-state index contributed by atoms with van der Waals surface area (Å²) < 4.78 is 0. The molecule has 0 radical (unpaired) electrons. The summed E-state index contributed by atoms with van der Waals surface area (Å²) in [5, 5.41) is 0. The van der Waals surface area contributed by atoms with Crippen LogP contribution in [0.1, 0.15) is 40.0 Å². The molecule has 0 aromatic rings. The van der Waals surface area contributed by atoms with E-state index in [-0.39, 0.29) is 0 Å². The fraction of sp³-hybridized carbons (Fsp3) is 0.909. The van der Waals surface area contributed by atoms with Crippen LogP contribution in [0.5, 0.6) is 0 Å². The normalized spacial score (nSPS) is 36.8. The van der Waals surface area contributed by atoms with Crippen LogP contribution in [0.2, 0.25) is 0 Å². The number of carbonyl (C=O) groups excluding carboxylic acids is 1. The Hall–Kier alpha value is -0.330.